The lowest BCUT2D eigenvalue weighted by Gasteiger charge is -2.26. The van der Waals surface area contributed by atoms with Crippen LogP contribution in [0.15, 0.2) is 47.4 Å². The van der Waals surface area contributed by atoms with Gasteiger partial charge in [-0.2, -0.15) is 0 Å². The minimum absolute atomic E-state index is 0.108. The Morgan fingerprint density at radius 1 is 1.08 bits per heavy atom. The molecule has 0 aliphatic heterocycles. The van der Waals surface area contributed by atoms with E-state index in [2.05, 4.69) is 4.72 Å². The molecule has 2 aromatic rings. The number of amides is 1. The van der Waals surface area contributed by atoms with Crippen LogP contribution >= 0.6 is 0 Å². The van der Waals surface area contributed by atoms with Crippen LogP contribution in [-0.2, 0) is 21.2 Å². The quantitative estimate of drug-likeness (QED) is 0.809. The number of rotatable bonds is 7. The zero-order chi connectivity index (χ0) is 19.3. The number of hydrogen-bond acceptors (Lipinski definition) is 3. The van der Waals surface area contributed by atoms with Gasteiger partial charge in [-0.25, -0.2) is 13.1 Å². The first kappa shape index (κ1) is 20.1. The van der Waals surface area contributed by atoms with Crippen molar-refractivity contribution in [1.29, 1.82) is 0 Å². The van der Waals surface area contributed by atoms with Gasteiger partial charge in [-0.3, -0.25) is 4.79 Å². The smallest absolute Gasteiger partial charge is 0.240 e. The Balaban J connectivity index is 2.15. The molecule has 0 saturated heterocycles. The zero-order valence-electron chi connectivity index (χ0n) is 15.7. The third-order valence-corrected chi connectivity index (χ3v) is 5.79. The molecule has 0 spiro atoms. The molecule has 2 rings (SSSR count). The highest BCUT2D eigenvalue weighted by atomic mass is 32.2. The number of aryl methyl sites for hydroxylation is 3. The molecule has 0 saturated carbocycles. The van der Waals surface area contributed by atoms with Crippen LogP contribution in [0.5, 0.6) is 0 Å². The minimum atomic E-state index is -3.59. The number of carbonyl (C=O) groups is 1. The van der Waals surface area contributed by atoms with Crippen LogP contribution in [0, 0.1) is 13.8 Å². The summed E-state index contributed by atoms with van der Waals surface area (Å²) in [4.78, 5) is 14.0. The molecule has 0 atom stereocenters. The van der Waals surface area contributed by atoms with Gasteiger partial charge in [-0.15, -0.1) is 0 Å². The van der Waals surface area contributed by atoms with Crippen LogP contribution in [0.25, 0.3) is 0 Å². The standard InChI is InChI=1S/C20H26N2O3S/c1-5-18-8-6-7-16(3)20(18)22(17(4)23)14-13-21-26(24,25)19-11-9-15(2)10-12-19/h6-12,21H,5,13-14H2,1-4H3. The third kappa shape index (κ3) is 4.71. The van der Waals surface area contributed by atoms with Crippen LogP contribution in [0.1, 0.15) is 30.5 Å². The van der Waals surface area contributed by atoms with Gasteiger partial charge in [0.2, 0.25) is 15.9 Å². The monoisotopic (exact) mass is 374 g/mol. The molecule has 0 radical (unpaired) electrons. The summed E-state index contributed by atoms with van der Waals surface area (Å²) in [6, 6.07) is 12.6. The van der Waals surface area contributed by atoms with Crippen molar-refractivity contribution in [1.82, 2.24) is 4.72 Å². The van der Waals surface area contributed by atoms with E-state index in [-0.39, 0.29) is 23.9 Å². The SMILES string of the molecule is CCc1cccc(C)c1N(CCNS(=O)(=O)c1ccc(C)cc1)C(C)=O. The first-order valence-corrected chi connectivity index (χ1v) is 10.2. The average molecular weight is 375 g/mol. The molecule has 0 aliphatic carbocycles. The maximum atomic E-state index is 12.4. The summed E-state index contributed by atoms with van der Waals surface area (Å²) < 4.78 is 27.4. The van der Waals surface area contributed by atoms with Gasteiger partial charge in [-0.1, -0.05) is 42.8 Å². The molecule has 2 aromatic carbocycles. The molecule has 0 aliphatic rings. The van der Waals surface area contributed by atoms with Crippen molar-refractivity contribution in [3.05, 3.63) is 59.2 Å². The number of nitrogens with one attached hydrogen (secondary N) is 1. The lowest BCUT2D eigenvalue weighted by Crippen LogP contribution is -2.38. The summed E-state index contributed by atoms with van der Waals surface area (Å²) in [6.07, 6.45) is 0.801. The molecule has 1 N–H and O–H groups in total. The fraction of sp³-hybridized carbons (Fsp3) is 0.350. The number of para-hydroxylation sites is 1. The minimum Gasteiger partial charge on any atom is -0.311 e. The first-order chi connectivity index (χ1) is 12.3. The van der Waals surface area contributed by atoms with Gasteiger partial charge in [0.05, 0.1) is 4.90 Å². The van der Waals surface area contributed by atoms with E-state index in [4.69, 9.17) is 0 Å². The van der Waals surface area contributed by atoms with E-state index in [0.29, 0.717) is 0 Å². The summed E-state index contributed by atoms with van der Waals surface area (Å²) >= 11 is 0. The van der Waals surface area contributed by atoms with Crippen molar-refractivity contribution < 1.29 is 13.2 Å². The second kappa shape index (κ2) is 8.47. The normalized spacial score (nSPS) is 11.4. The van der Waals surface area contributed by atoms with E-state index >= 15 is 0 Å². The predicted octanol–water partition coefficient (Wildman–Crippen LogP) is 3.20. The van der Waals surface area contributed by atoms with Gasteiger partial charge < -0.3 is 4.90 Å². The second-order valence-electron chi connectivity index (χ2n) is 6.32. The van der Waals surface area contributed by atoms with Gasteiger partial charge in [-0.05, 0) is 43.5 Å². The fourth-order valence-electron chi connectivity index (χ4n) is 2.91. The number of nitrogens with zero attached hydrogens (tertiary/aromatic N) is 1. The van der Waals surface area contributed by atoms with Crippen molar-refractivity contribution >= 4 is 21.6 Å². The van der Waals surface area contributed by atoms with Gasteiger partial charge in [0.1, 0.15) is 0 Å². The molecule has 0 bridgehead atoms. The van der Waals surface area contributed by atoms with Crippen molar-refractivity contribution in [2.24, 2.45) is 0 Å². The molecular formula is C20H26N2O3S. The highest BCUT2D eigenvalue weighted by molar-refractivity contribution is 7.89. The summed E-state index contributed by atoms with van der Waals surface area (Å²) in [5.74, 6) is -0.108. The maximum absolute atomic E-state index is 12.4. The Morgan fingerprint density at radius 2 is 1.73 bits per heavy atom. The zero-order valence-corrected chi connectivity index (χ0v) is 16.6. The van der Waals surface area contributed by atoms with Gasteiger partial charge in [0, 0.05) is 25.7 Å². The van der Waals surface area contributed by atoms with E-state index in [0.717, 1.165) is 28.8 Å². The number of anilines is 1. The number of carbonyl (C=O) groups excluding carboxylic acids is 1. The second-order valence-corrected chi connectivity index (χ2v) is 8.08. The molecular weight excluding hydrogens is 348 g/mol. The van der Waals surface area contributed by atoms with Crippen LogP contribution < -0.4 is 9.62 Å². The first-order valence-electron chi connectivity index (χ1n) is 8.69. The van der Waals surface area contributed by atoms with Crippen LogP contribution in [0.2, 0.25) is 0 Å². The number of sulfonamides is 1. The highest BCUT2D eigenvalue weighted by Crippen LogP contribution is 2.25. The summed E-state index contributed by atoms with van der Waals surface area (Å²) in [5, 5.41) is 0. The van der Waals surface area contributed by atoms with Crippen molar-refractivity contribution in [3.8, 4) is 0 Å². The Kier molecular flexibility index (Phi) is 6.56. The Hall–Kier alpha value is -2.18. The lowest BCUT2D eigenvalue weighted by molar-refractivity contribution is -0.116. The van der Waals surface area contributed by atoms with E-state index in [1.165, 1.54) is 6.92 Å². The van der Waals surface area contributed by atoms with Gasteiger partial charge in [0.25, 0.3) is 0 Å². The molecule has 0 heterocycles. The van der Waals surface area contributed by atoms with Crippen molar-refractivity contribution in [2.75, 3.05) is 18.0 Å². The summed E-state index contributed by atoms with van der Waals surface area (Å²) in [6.45, 7) is 7.82. The highest BCUT2D eigenvalue weighted by Gasteiger charge is 2.19. The van der Waals surface area contributed by atoms with Crippen molar-refractivity contribution in [3.63, 3.8) is 0 Å². The van der Waals surface area contributed by atoms with Crippen LogP contribution in [0.4, 0.5) is 5.69 Å². The van der Waals surface area contributed by atoms with E-state index in [9.17, 15) is 13.2 Å². The summed E-state index contributed by atoms with van der Waals surface area (Å²) in [7, 11) is -3.59. The topological polar surface area (TPSA) is 66.5 Å². The Morgan fingerprint density at radius 3 is 2.31 bits per heavy atom. The molecule has 26 heavy (non-hydrogen) atoms. The number of hydrogen-bond donors (Lipinski definition) is 1. The summed E-state index contributed by atoms with van der Waals surface area (Å²) in [5.41, 5.74) is 3.94. The predicted molar refractivity (Wildman–Crippen MR) is 105 cm³/mol. The van der Waals surface area contributed by atoms with E-state index < -0.39 is 10.0 Å². The molecule has 6 heteroatoms. The molecule has 5 nitrogen and oxygen atoms in total. The molecule has 140 valence electrons. The van der Waals surface area contributed by atoms with E-state index in [1.807, 2.05) is 39.0 Å². The van der Waals surface area contributed by atoms with Crippen LogP contribution in [0.3, 0.4) is 0 Å². The maximum Gasteiger partial charge on any atom is 0.240 e. The molecule has 1 amide bonds. The van der Waals surface area contributed by atoms with Crippen molar-refractivity contribution in [2.45, 2.75) is 39.0 Å². The number of benzene rings is 2. The Bertz CT molecular complexity index is 874. The van der Waals surface area contributed by atoms with Crippen LogP contribution in [-0.4, -0.2) is 27.4 Å². The van der Waals surface area contributed by atoms with E-state index in [1.54, 1.807) is 29.2 Å². The largest absolute Gasteiger partial charge is 0.311 e. The molecule has 0 aromatic heterocycles. The van der Waals surface area contributed by atoms with Gasteiger partial charge in [0.15, 0.2) is 0 Å². The third-order valence-electron chi connectivity index (χ3n) is 4.31. The average Bonchev–Trinajstić information content (AvgIpc) is 2.59. The Labute approximate surface area is 156 Å². The lowest BCUT2D eigenvalue weighted by atomic mass is 10.0. The van der Waals surface area contributed by atoms with Gasteiger partial charge >= 0.3 is 0 Å². The molecule has 0 fully saturated rings. The molecule has 0 unspecified atom stereocenters. The fourth-order valence-corrected chi connectivity index (χ4v) is 3.93.